The van der Waals surface area contributed by atoms with Crippen LogP contribution in [-0.2, 0) is 14.2 Å². The first kappa shape index (κ1) is 15.0. The van der Waals surface area contributed by atoms with Crippen molar-refractivity contribution in [3.05, 3.63) is 0 Å². The first-order chi connectivity index (χ1) is 11.6. The first-order valence-corrected chi connectivity index (χ1v) is 10.5. The quantitative estimate of drug-likeness (QED) is 0.620. The second-order valence-electron chi connectivity index (χ2n) is 10.2. The first-order valence-electron chi connectivity index (χ1n) is 10.5. The molecular weight excluding hydrogens is 300 g/mol. The van der Waals surface area contributed by atoms with Gasteiger partial charge in [0.15, 0.2) is 5.79 Å². The van der Waals surface area contributed by atoms with Crippen molar-refractivity contribution in [2.24, 2.45) is 28.6 Å². The van der Waals surface area contributed by atoms with E-state index in [0.29, 0.717) is 11.5 Å². The third-order valence-corrected chi connectivity index (χ3v) is 9.75. The van der Waals surface area contributed by atoms with E-state index in [9.17, 15) is 0 Å². The molecule has 7 atom stereocenters. The Bertz CT molecular complexity index is 569. The average Bonchev–Trinajstić information content (AvgIpc) is 2.97. The van der Waals surface area contributed by atoms with Crippen LogP contribution in [0.1, 0.15) is 71.6 Å². The van der Waals surface area contributed by atoms with E-state index in [2.05, 4.69) is 13.8 Å². The van der Waals surface area contributed by atoms with Crippen molar-refractivity contribution < 1.29 is 14.2 Å². The van der Waals surface area contributed by atoms with Gasteiger partial charge in [0, 0.05) is 17.3 Å². The number of ether oxygens (including phenoxy) is 3. The lowest BCUT2D eigenvalue weighted by Crippen LogP contribution is -2.61. The van der Waals surface area contributed by atoms with Crippen LogP contribution in [0.5, 0.6) is 0 Å². The van der Waals surface area contributed by atoms with E-state index in [1.54, 1.807) is 0 Å². The molecule has 134 valence electrons. The normalized spacial score (nSPS) is 60.2. The molecule has 3 nitrogen and oxygen atoms in total. The van der Waals surface area contributed by atoms with Gasteiger partial charge in [0.2, 0.25) is 0 Å². The third-order valence-electron chi connectivity index (χ3n) is 9.75. The largest absolute Gasteiger partial charge is 0.365 e. The highest BCUT2D eigenvalue weighted by Gasteiger charge is 2.81. The molecule has 0 aromatic rings. The molecule has 6 fully saturated rings. The fraction of sp³-hybridized carbons (Fsp3) is 1.00. The predicted molar refractivity (Wildman–Crippen MR) is 90.5 cm³/mol. The summed E-state index contributed by atoms with van der Waals surface area (Å²) in [5, 5.41) is 0. The van der Waals surface area contributed by atoms with Gasteiger partial charge in [-0.05, 0) is 56.3 Å². The van der Waals surface area contributed by atoms with Gasteiger partial charge in [-0.3, -0.25) is 0 Å². The highest BCUT2D eigenvalue weighted by atomic mass is 16.7. The fourth-order valence-electron chi connectivity index (χ4n) is 8.62. The summed E-state index contributed by atoms with van der Waals surface area (Å²) in [7, 11) is 0. The van der Waals surface area contributed by atoms with Crippen molar-refractivity contribution in [3.63, 3.8) is 0 Å². The van der Waals surface area contributed by atoms with Gasteiger partial charge in [-0.1, -0.05) is 26.7 Å². The molecule has 4 aliphatic carbocycles. The monoisotopic (exact) mass is 332 g/mol. The van der Waals surface area contributed by atoms with E-state index in [1.807, 2.05) is 0 Å². The Hall–Kier alpha value is -0.120. The van der Waals surface area contributed by atoms with Crippen LogP contribution < -0.4 is 0 Å². The molecule has 24 heavy (non-hydrogen) atoms. The number of hydrogen-bond acceptors (Lipinski definition) is 3. The van der Waals surface area contributed by atoms with Gasteiger partial charge >= 0.3 is 0 Å². The van der Waals surface area contributed by atoms with Crippen LogP contribution in [0, 0.1) is 28.6 Å². The molecule has 3 unspecified atom stereocenters. The second-order valence-corrected chi connectivity index (χ2v) is 10.2. The molecule has 4 saturated carbocycles. The van der Waals surface area contributed by atoms with Crippen LogP contribution in [0.4, 0.5) is 0 Å². The lowest BCUT2D eigenvalue weighted by Gasteiger charge is -2.59. The van der Waals surface area contributed by atoms with E-state index in [-0.39, 0.29) is 16.8 Å². The minimum Gasteiger partial charge on any atom is -0.365 e. The molecular formula is C21H32O3. The summed E-state index contributed by atoms with van der Waals surface area (Å²) in [5.74, 6) is 2.09. The number of fused-ring (bicyclic) bond motifs is 4. The zero-order chi connectivity index (χ0) is 16.2. The van der Waals surface area contributed by atoms with E-state index < -0.39 is 0 Å². The van der Waals surface area contributed by atoms with Crippen molar-refractivity contribution >= 4 is 0 Å². The average molecular weight is 332 g/mol. The van der Waals surface area contributed by atoms with Gasteiger partial charge in [-0.15, -0.1) is 0 Å². The maximum atomic E-state index is 6.74. The van der Waals surface area contributed by atoms with E-state index in [4.69, 9.17) is 14.2 Å². The smallest absolute Gasteiger partial charge is 0.174 e. The lowest BCUT2D eigenvalue weighted by molar-refractivity contribution is -0.240. The summed E-state index contributed by atoms with van der Waals surface area (Å²) in [6, 6.07) is 0. The number of epoxide rings is 1. The summed E-state index contributed by atoms with van der Waals surface area (Å²) >= 11 is 0. The third kappa shape index (κ3) is 1.42. The molecule has 6 rings (SSSR count). The Morgan fingerprint density at radius 1 is 0.792 bits per heavy atom. The maximum Gasteiger partial charge on any atom is 0.174 e. The predicted octanol–water partition coefficient (Wildman–Crippen LogP) is 4.29. The van der Waals surface area contributed by atoms with Crippen LogP contribution in [0.25, 0.3) is 0 Å². The lowest BCUT2D eigenvalue weighted by atomic mass is 9.44. The maximum absolute atomic E-state index is 6.74. The summed E-state index contributed by atoms with van der Waals surface area (Å²) < 4.78 is 19.3. The topological polar surface area (TPSA) is 31.0 Å². The molecule has 3 heteroatoms. The van der Waals surface area contributed by atoms with Crippen LogP contribution in [0.2, 0.25) is 0 Å². The molecule has 0 aromatic heterocycles. The van der Waals surface area contributed by atoms with E-state index in [0.717, 1.165) is 43.8 Å². The fourth-order valence-corrected chi connectivity index (χ4v) is 8.62. The standard InChI is InChI=1S/C21H32O3/c1-18-9-4-3-5-14(18)6-7-16-15-8-10-20(22-11-12-23-20)19(15,2)13-17-21(16,18)24-17/h14-17H,3-13H2,1-2H3/t14?,15?,16?,17-,18+,19+,21+/m1/s1. The van der Waals surface area contributed by atoms with Crippen LogP contribution >= 0.6 is 0 Å². The van der Waals surface area contributed by atoms with E-state index >= 15 is 0 Å². The van der Waals surface area contributed by atoms with Gasteiger partial charge in [0.25, 0.3) is 0 Å². The molecule has 2 heterocycles. The van der Waals surface area contributed by atoms with Crippen molar-refractivity contribution in [2.75, 3.05) is 13.2 Å². The molecule has 0 bridgehead atoms. The van der Waals surface area contributed by atoms with Crippen molar-refractivity contribution in [3.8, 4) is 0 Å². The SMILES string of the molecule is C[C@]12C[C@H]3O[C@@]34C(CCC3CCCC[C@@]34C)C1CCC21OCCO1. The zero-order valence-corrected chi connectivity index (χ0v) is 15.3. The Morgan fingerprint density at radius 2 is 1.62 bits per heavy atom. The molecule has 0 N–H and O–H groups in total. The number of rotatable bonds is 0. The van der Waals surface area contributed by atoms with Gasteiger partial charge in [0.1, 0.15) is 5.60 Å². The minimum absolute atomic E-state index is 0.163. The van der Waals surface area contributed by atoms with Crippen molar-refractivity contribution in [1.82, 2.24) is 0 Å². The zero-order valence-electron chi connectivity index (χ0n) is 15.3. The molecule has 6 aliphatic rings. The second kappa shape index (κ2) is 4.40. The summed E-state index contributed by atoms with van der Waals surface area (Å²) in [6.07, 6.45) is 12.5. The molecule has 2 aliphatic heterocycles. The Balaban J connectivity index is 1.41. The summed E-state index contributed by atoms with van der Waals surface area (Å²) in [4.78, 5) is 0. The van der Waals surface area contributed by atoms with Gasteiger partial charge in [-0.2, -0.15) is 0 Å². The minimum atomic E-state index is -0.292. The number of hydrogen-bond donors (Lipinski definition) is 0. The molecule has 0 amide bonds. The summed E-state index contributed by atoms with van der Waals surface area (Å²) in [5.41, 5.74) is 0.814. The van der Waals surface area contributed by atoms with E-state index in [1.165, 1.54) is 44.9 Å². The molecule has 0 radical (unpaired) electrons. The van der Waals surface area contributed by atoms with Gasteiger partial charge in [0.05, 0.1) is 19.3 Å². The Kier molecular flexibility index (Phi) is 2.75. The highest BCUT2D eigenvalue weighted by molar-refractivity contribution is 5.28. The Labute approximate surface area is 145 Å². The van der Waals surface area contributed by atoms with Crippen LogP contribution in [0.3, 0.4) is 0 Å². The molecule has 0 aromatic carbocycles. The van der Waals surface area contributed by atoms with Crippen molar-refractivity contribution in [2.45, 2.75) is 89.1 Å². The summed E-state index contributed by atoms with van der Waals surface area (Å²) in [6.45, 7) is 6.63. The van der Waals surface area contributed by atoms with Crippen LogP contribution in [0.15, 0.2) is 0 Å². The molecule has 2 spiro atoms. The molecule has 2 saturated heterocycles. The Morgan fingerprint density at radius 3 is 2.46 bits per heavy atom. The van der Waals surface area contributed by atoms with Crippen molar-refractivity contribution in [1.29, 1.82) is 0 Å². The van der Waals surface area contributed by atoms with Crippen LogP contribution in [-0.4, -0.2) is 30.7 Å². The van der Waals surface area contributed by atoms with Gasteiger partial charge in [-0.25, -0.2) is 0 Å². The highest BCUT2D eigenvalue weighted by Crippen LogP contribution is 2.77. The van der Waals surface area contributed by atoms with Gasteiger partial charge < -0.3 is 14.2 Å².